The Bertz CT molecular complexity index is 136. The average Bonchev–Trinajstić information content (AvgIpc) is 2.28. The van der Waals surface area contributed by atoms with Crippen LogP contribution in [0.2, 0.25) is 0 Å². The summed E-state index contributed by atoms with van der Waals surface area (Å²) in [7, 11) is 0. The lowest BCUT2D eigenvalue weighted by molar-refractivity contribution is -0.0538. The summed E-state index contributed by atoms with van der Waals surface area (Å²) in [6.07, 6.45) is 1.36. The fourth-order valence-corrected chi connectivity index (χ4v) is 1.82. The van der Waals surface area contributed by atoms with Crippen molar-refractivity contribution >= 4 is 0 Å². The van der Waals surface area contributed by atoms with E-state index in [2.05, 4.69) is 0 Å². The molecule has 1 aliphatic carbocycles. The molecule has 1 aliphatic rings. The highest BCUT2D eigenvalue weighted by Crippen LogP contribution is 2.43. The van der Waals surface area contributed by atoms with Gasteiger partial charge in [0.2, 0.25) is 0 Å². The van der Waals surface area contributed by atoms with E-state index < -0.39 is 11.8 Å². The van der Waals surface area contributed by atoms with Crippen LogP contribution in [-0.2, 0) is 0 Å². The van der Waals surface area contributed by atoms with Crippen molar-refractivity contribution in [1.82, 2.24) is 0 Å². The molecule has 0 bridgehead atoms. The maximum Gasteiger partial charge on any atom is 0.251 e. The third kappa shape index (κ3) is 1.70. The SMILES string of the molecule is C[C@@H](CN)C1CCCC1(F)F. The minimum atomic E-state index is -2.45. The molecule has 1 unspecified atom stereocenters. The van der Waals surface area contributed by atoms with Crippen LogP contribution in [0.4, 0.5) is 8.78 Å². The van der Waals surface area contributed by atoms with Crippen molar-refractivity contribution in [3.63, 3.8) is 0 Å². The van der Waals surface area contributed by atoms with E-state index in [0.717, 1.165) is 0 Å². The van der Waals surface area contributed by atoms with Gasteiger partial charge in [-0.05, 0) is 25.3 Å². The molecular weight excluding hydrogens is 148 g/mol. The third-order valence-electron chi connectivity index (χ3n) is 2.63. The molecule has 0 heterocycles. The van der Waals surface area contributed by atoms with E-state index >= 15 is 0 Å². The number of halogens is 2. The molecule has 0 spiro atoms. The predicted molar refractivity (Wildman–Crippen MR) is 40.5 cm³/mol. The van der Waals surface area contributed by atoms with Gasteiger partial charge in [0.15, 0.2) is 0 Å². The number of alkyl halides is 2. The summed E-state index contributed by atoms with van der Waals surface area (Å²) in [6.45, 7) is 2.18. The van der Waals surface area contributed by atoms with Gasteiger partial charge in [0.25, 0.3) is 5.92 Å². The third-order valence-corrected chi connectivity index (χ3v) is 2.63. The van der Waals surface area contributed by atoms with Gasteiger partial charge < -0.3 is 5.73 Å². The first kappa shape index (κ1) is 8.91. The summed E-state index contributed by atoms with van der Waals surface area (Å²) in [5, 5.41) is 0. The normalized spacial score (nSPS) is 32.2. The number of hydrogen-bond acceptors (Lipinski definition) is 1. The lowest BCUT2D eigenvalue weighted by Crippen LogP contribution is -2.31. The summed E-state index contributed by atoms with van der Waals surface area (Å²) >= 11 is 0. The van der Waals surface area contributed by atoms with Crippen molar-refractivity contribution < 1.29 is 8.78 Å². The van der Waals surface area contributed by atoms with E-state index in [0.29, 0.717) is 19.4 Å². The number of rotatable bonds is 2. The van der Waals surface area contributed by atoms with Crippen molar-refractivity contribution in [2.24, 2.45) is 17.6 Å². The molecule has 0 aromatic heterocycles. The van der Waals surface area contributed by atoms with Crippen LogP contribution in [0.3, 0.4) is 0 Å². The second kappa shape index (κ2) is 3.05. The topological polar surface area (TPSA) is 26.0 Å². The van der Waals surface area contributed by atoms with Crippen LogP contribution in [0.5, 0.6) is 0 Å². The van der Waals surface area contributed by atoms with Crippen LogP contribution in [0.25, 0.3) is 0 Å². The van der Waals surface area contributed by atoms with Crippen molar-refractivity contribution in [2.45, 2.75) is 32.1 Å². The first-order valence-electron chi connectivity index (χ1n) is 4.16. The van der Waals surface area contributed by atoms with E-state index in [1.165, 1.54) is 0 Å². The summed E-state index contributed by atoms with van der Waals surface area (Å²) in [6, 6.07) is 0. The Morgan fingerprint density at radius 2 is 2.27 bits per heavy atom. The molecule has 1 nitrogen and oxygen atoms in total. The number of hydrogen-bond donors (Lipinski definition) is 1. The summed E-state index contributed by atoms with van der Waals surface area (Å²) in [5.74, 6) is -2.95. The largest absolute Gasteiger partial charge is 0.330 e. The zero-order valence-corrected chi connectivity index (χ0v) is 6.82. The highest BCUT2D eigenvalue weighted by Gasteiger charge is 2.45. The van der Waals surface area contributed by atoms with E-state index in [4.69, 9.17) is 5.73 Å². The van der Waals surface area contributed by atoms with Gasteiger partial charge in [0.05, 0.1) is 0 Å². The molecule has 0 amide bonds. The zero-order valence-electron chi connectivity index (χ0n) is 6.82. The second-order valence-corrected chi connectivity index (χ2v) is 3.47. The second-order valence-electron chi connectivity index (χ2n) is 3.47. The molecule has 2 atom stereocenters. The molecule has 1 rings (SSSR count). The Labute approximate surface area is 66.0 Å². The Morgan fingerprint density at radius 3 is 2.64 bits per heavy atom. The van der Waals surface area contributed by atoms with Gasteiger partial charge in [-0.25, -0.2) is 8.78 Å². The van der Waals surface area contributed by atoms with Crippen LogP contribution in [0.15, 0.2) is 0 Å². The van der Waals surface area contributed by atoms with E-state index in [1.807, 2.05) is 6.92 Å². The quantitative estimate of drug-likeness (QED) is 0.662. The van der Waals surface area contributed by atoms with Gasteiger partial charge in [-0.15, -0.1) is 0 Å². The monoisotopic (exact) mass is 163 g/mol. The maximum absolute atomic E-state index is 13.0. The van der Waals surface area contributed by atoms with E-state index in [9.17, 15) is 8.78 Å². The molecule has 3 heteroatoms. The molecule has 0 aromatic rings. The zero-order chi connectivity index (χ0) is 8.48. The molecule has 0 saturated heterocycles. The lowest BCUT2D eigenvalue weighted by Gasteiger charge is -2.23. The molecule has 1 fully saturated rings. The maximum atomic E-state index is 13.0. The van der Waals surface area contributed by atoms with Crippen molar-refractivity contribution in [3.8, 4) is 0 Å². The van der Waals surface area contributed by atoms with Gasteiger partial charge in [-0.1, -0.05) is 6.92 Å². The standard InChI is InChI=1S/C8H15F2N/c1-6(5-11)7-3-2-4-8(7,9)10/h6-7H,2-5,11H2,1H3/t6-,7?/m0/s1. The van der Waals surface area contributed by atoms with Crippen LogP contribution in [0, 0.1) is 11.8 Å². The summed E-state index contributed by atoms with van der Waals surface area (Å²) in [5.41, 5.74) is 5.34. The van der Waals surface area contributed by atoms with Crippen molar-refractivity contribution in [1.29, 1.82) is 0 Å². The molecule has 1 saturated carbocycles. The molecular formula is C8H15F2N. The van der Waals surface area contributed by atoms with Gasteiger partial charge in [-0.3, -0.25) is 0 Å². The minimum absolute atomic E-state index is 0.0347. The highest BCUT2D eigenvalue weighted by molar-refractivity contribution is 4.87. The fourth-order valence-electron chi connectivity index (χ4n) is 1.82. The Kier molecular flexibility index (Phi) is 2.47. The average molecular weight is 163 g/mol. The number of nitrogens with two attached hydrogens (primary N) is 1. The van der Waals surface area contributed by atoms with Crippen LogP contribution < -0.4 is 5.73 Å². The van der Waals surface area contributed by atoms with Crippen LogP contribution >= 0.6 is 0 Å². The van der Waals surface area contributed by atoms with Crippen molar-refractivity contribution in [2.75, 3.05) is 6.54 Å². The molecule has 66 valence electrons. The summed E-state index contributed by atoms with van der Waals surface area (Å²) in [4.78, 5) is 0. The molecule has 0 radical (unpaired) electrons. The first-order valence-corrected chi connectivity index (χ1v) is 4.16. The molecule has 0 aliphatic heterocycles. The summed E-state index contributed by atoms with van der Waals surface area (Å²) < 4.78 is 26.0. The fraction of sp³-hybridized carbons (Fsp3) is 1.00. The van der Waals surface area contributed by atoms with Gasteiger partial charge in [0.1, 0.15) is 0 Å². The molecule has 11 heavy (non-hydrogen) atoms. The van der Waals surface area contributed by atoms with Crippen LogP contribution in [-0.4, -0.2) is 12.5 Å². The highest BCUT2D eigenvalue weighted by atomic mass is 19.3. The van der Waals surface area contributed by atoms with E-state index in [1.54, 1.807) is 0 Å². The van der Waals surface area contributed by atoms with Crippen molar-refractivity contribution in [3.05, 3.63) is 0 Å². The van der Waals surface area contributed by atoms with Crippen LogP contribution in [0.1, 0.15) is 26.2 Å². The van der Waals surface area contributed by atoms with Gasteiger partial charge >= 0.3 is 0 Å². The van der Waals surface area contributed by atoms with Gasteiger partial charge in [0, 0.05) is 12.3 Å². The molecule has 0 aromatic carbocycles. The van der Waals surface area contributed by atoms with Gasteiger partial charge in [-0.2, -0.15) is 0 Å². The first-order chi connectivity index (χ1) is 5.08. The smallest absolute Gasteiger partial charge is 0.251 e. The molecule has 2 N–H and O–H groups in total. The Hall–Kier alpha value is -0.180. The Morgan fingerprint density at radius 1 is 1.64 bits per heavy atom. The minimum Gasteiger partial charge on any atom is -0.330 e. The van der Waals surface area contributed by atoms with E-state index in [-0.39, 0.29) is 12.3 Å². The lowest BCUT2D eigenvalue weighted by atomic mass is 9.90. The Balaban J connectivity index is 2.57. The predicted octanol–water partition coefficient (Wildman–Crippen LogP) is 2.02.